The van der Waals surface area contributed by atoms with E-state index in [1.807, 2.05) is 6.07 Å². The van der Waals surface area contributed by atoms with Crippen molar-refractivity contribution in [3.05, 3.63) is 65.5 Å². The van der Waals surface area contributed by atoms with E-state index in [9.17, 15) is 17.6 Å². The van der Waals surface area contributed by atoms with Crippen molar-refractivity contribution >= 4 is 10.8 Å². The molecule has 0 radical (unpaired) electrons. The molecule has 3 aromatic rings. The summed E-state index contributed by atoms with van der Waals surface area (Å²) in [6.45, 7) is -1.14. The molecule has 1 saturated carbocycles. The third-order valence-corrected chi connectivity index (χ3v) is 6.51. The monoisotopic (exact) mass is 448 g/mol. The zero-order chi connectivity index (χ0) is 22.8. The van der Waals surface area contributed by atoms with Gasteiger partial charge < -0.3 is 4.74 Å². The molecule has 0 unspecified atom stereocenters. The Morgan fingerprint density at radius 1 is 0.906 bits per heavy atom. The predicted octanol–water partition coefficient (Wildman–Crippen LogP) is 8.60. The summed E-state index contributed by atoms with van der Waals surface area (Å²) < 4.78 is 72.4. The average Bonchev–Trinajstić information content (AvgIpc) is 2.77. The van der Waals surface area contributed by atoms with Gasteiger partial charge in [0, 0.05) is 10.9 Å². The Morgan fingerprint density at radius 2 is 1.66 bits per heavy atom. The van der Waals surface area contributed by atoms with Gasteiger partial charge in [-0.1, -0.05) is 44.0 Å². The molecule has 0 aromatic heterocycles. The van der Waals surface area contributed by atoms with E-state index < -0.39 is 29.8 Å². The molecule has 0 saturated heterocycles. The van der Waals surface area contributed by atoms with Crippen LogP contribution in [0.3, 0.4) is 0 Å². The molecule has 0 bridgehead atoms. The molecule has 170 valence electrons. The van der Waals surface area contributed by atoms with E-state index in [2.05, 4.69) is 11.7 Å². The first kappa shape index (κ1) is 22.6. The normalized spacial score (nSPS) is 19.0. The van der Waals surface area contributed by atoms with Crippen LogP contribution in [-0.2, 0) is 0 Å². The third-order valence-electron chi connectivity index (χ3n) is 6.51. The summed E-state index contributed by atoms with van der Waals surface area (Å²) in [6.07, 6.45) is 6.89. The second-order valence-electron chi connectivity index (χ2n) is 8.56. The SMILES string of the molecule is CCCC1CCC(c2ccc(-c3ccc4c(F)c(OC(F)F)c(F)cc4c3)c(F)c2)CC1. The van der Waals surface area contributed by atoms with Gasteiger partial charge in [-0.15, -0.1) is 0 Å². The van der Waals surface area contributed by atoms with Crippen LogP contribution in [0.1, 0.15) is 56.9 Å². The highest BCUT2D eigenvalue weighted by atomic mass is 19.3. The summed E-state index contributed by atoms with van der Waals surface area (Å²) in [6, 6.07) is 10.4. The lowest BCUT2D eigenvalue weighted by Crippen LogP contribution is -2.13. The van der Waals surface area contributed by atoms with Crippen LogP contribution in [0.15, 0.2) is 42.5 Å². The van der Waals surface area contributed by atoms with Gasteiger partial charge in [-0.25, -0.2) is 13.2 Å². The molecule has 1 aliphatic carbocycles. The van der Waals surface area contributed by atoms with Gasteiger partial charge in [0.25, 0.3) is 0 Å². The van der Waals surface area contributed by atoms with Crippen LogP contribution in [0, 0.1) is 23.4 Å². The van der Waals surface area contributed by atoms with Crippen molar-refractivity contribution in [3.63, 3.8) is 0 Å². The number of rotatable bonds is 6. The Morgan fingerprint density at radius 3 is 2.31 bits per heavy atom. The second-order valence-corrected chi connectivity index (χ2v) is 8.56. The van der Waals surface area contributed by atoms with Crippen molar-refractivity contribution in [2.24, 2.45) is 5.92 Å². The largest absolute Gasteiger partial charge is 0.429 e. The molecule has 0 spiro atoms. The molecule has 0 N–H and O–H groups in total. The van der Waals surface area contributed by atoms with Crippen molar-refractivity contribution in [1.29, 1.82) is 0 Å². The first-order chi connectivity index (χ1) is 15.4. The minimum atomic E-state index is -3.34. The molecule has 3 aromatic carbocycles. The Balaban J connectivity index is 1.60. The summed E-state index contributed by atoms with van der Waals surface area (Å²) in [4.78, 5) is 0. The summed E-state index contributed by atoms with van der Waals surface area (Å²) in [7, 11) is 0. The maximum Gasteiger partial charge on any atom is 0.387 e. The van der Waals surface area contributed by atoms with Gasteiger partial charge in [-0.3, -0.25) is 0 Å². The Kier molecular flexibility index (Phi) is 6.68. The van der Waals surface area contributed by atoms with Crippen LogP contribution in [0.4, 0.5) is 22.0 Å². The van der Waals surface area contributed by atoms with Crippen molar-refractivity contribution in [2.75, 3.05) is 0 Å². The lowest BCUT2D eigenvalue weighted by atomic mass is 9.77. The third kappa shape index (κ3) is 4.59. The lowest BCUT2D eigenvalue weighted by Gasteiger charge is -2.28. The molecule has 0 aliphatic heterocycles. The van der Waals surface area contributed by atoms with Crippen LogP contribution >= 0.6 is 0 Å². The van der Waals surface area contributed by atoms with Crippen LogP contribution in [0.5, 0.6) is 5.75 Å². The fourth-order valence-electron chi connectivity index (χ4n) is 4.89. The molecule has 0 atom stereocenters. The standard InChI is InChI=1S/C26H25F5O/c1-2-3-15-4-6-16(7-5-15)17-8-10-20(22(27)13-17)18-9-11-21-19(12-18)14-23(28)25(24(21)29)32-26(30)31/h8-16,26H,2-7H2,1H3. The molecule has 32 heavy (non-hydrogen) atoms. The van der Waals surface area contributed by atoms with Crippen LogP contribution < -0.4 is 4.74 Å². The van der Waals surface area contributed by atoms with Crippen LogP contribution in [0.2, 0.25) is 0 Å². The van der Waals surface area contributed by atoms with Crippen LogP contribution in [-0.4, -0.2) is 6.61 Å². The molecule has 4 rings (SSSR count). The van der Waals surface area contributed by atoms with E-state index in [1.54, 1.807) is 12.1 Å². The van der Waals surface area contributed by atoms with Gasteiger partial charge in [-0.2, -0.15) is 8.78 Å². The summed E-state index contributed by atoms with van der Waals surface area (Å²) in [5, 5.41) is 0.0588. The second kappa shape index (κ2) is 9.47. The van der Waals surface area contributed by atoms with Crippen molar-refractivity contribution in [1.82, 2.24) is 0 Å². The first-order valence-corrected chi connectivity index (χ1v) is 11.0. The van der Waals surface area contributed by atoms with E-state index in [0.717, 1.165) is 30.4 Å². The number of hydrogen-bond donors (Lipinski definition) is 0. The van der Waals surface area contributed by atoms with E-state index >= 15 is 4.39 Å². The number of hydrogen-bond acceptors (Lipinski definition) is 1. The number of fused-ring (bicyclic) bond motifs is 1. The highest BCUT2D eigenvalue weighted by Crippen LogP contribution is 2.39. The van der Waals surface area contributed by atoms with E-state index in [1.165, 1.54) is 43.9 Å². The molecule has 6 heteroatoms. The number of halogens is 5. The number of benzene rings is 3. The van der Waals surface area contributed by atoms with E-state index in [0.29, 0.717) is 17.0 Å². The zero-order valence-corrected chi connectivity index (χ0v) is 17.8. The Hall–Kier alpha value is -2.63. The fraction of sp³-hybridized carbons (Fsp3) is 0.385. The maximum atomic E-state index is 15.0. The molecule has 0 heterocycles. The van der Waals surface area contributed by atoms with Crippen molar-refractivity contribution in [2.45, 2.75) is 58.0 Å². The summed E-state index contributed by atoms with van der Waals surface area (Å²) in [5.41, 5.74) is 1.76. The predicted molar refractivity (Wildman–Crippen MR) is 115 cm³/mol. The van der Waals surface area contributed by atoms with Crippen LogP contribution in [0.25, 0.3) is 21.9 Å². The molecule has 0 amide bonds. The van der Waals surface area contributed by atoms with E-state index in [-0.39, 0.29) is 10.8 Å². The quantitative estimate of drug-likeness (QED) is 0.343. The van der Waals surface area contributed by atoms with Gasteiger partial charge in [0.15, 0.2) is 17.4 Å². The number of ether oxygens (including phenoxy) is 1. The molecule has 1 fully saturated rings. The summed E-state index contributed by atoms with van der Waals surface area (Å²) in [5.74, 6) is -2.84. The molecule has 1 nitrogen and oxygen atoms in total. The van der Waals surface area contributed by atoms with E-state index in [4.69, 9.17) is 0 Å². The maximum absolute atomic E-state index is 15.0. The molecular formula is C26H25F5O. The molecular weight excluding hydrogens is 423 g/mol. The first-order valence-electron chi connectivity index (χ1n) is 11.0. The number of alkyl halides is 2. The minimum absolute atomic E-state index is 0.0772. The van der Waals surface area contributed by atoms with Gasteiger partial charge in [0.05, 0.1) is 0 Å². The minimum Gasteiger partial charge on any atom is -0.429 e. The smallest absolute Gasteiger partial charge is 0.387 e. The topological polar surface area (TPSA) is 9.23 Å². The van der Waals surface area contributed by atoms with Crippen molar-refractivity contribution < 1.29 is 26.7 Å². The summed E-state index contributed by atoms with van der Waals surface area (Å²) >= 11 is 0. The fourth-order valence-corrected chi connectivity index (χ4v) is 4.89. The Labute approximate surface area is 184 Å². The Bertz CT molecular complexity index is 1100. The highest BCUT2D eigenvalue weighted by Gasteiger charge is 2.23. The van der Waals surface area contributed by atoms with Gasteiger partial charge in [0.2, 0.25) is 0 Å². The zero-order valence-electron chi connectivity index (χ0n) is 17.8. The average molecular weight is 448 g/mol. The molecule has 1 aliphatic rings. The van der Waals surface area contributed by atoms with Crippen molar-refractivity contribution in [3.8, 4) is 16.9 Å². The lowest BCUT2D eigenvalue weighted by molar-refractivity contribution is -0.0544. The van der Waals surface area contributed by atoms with Gasteiger partial charge in [-0.05, 0) is 72.2 Å². The highest BCUT2D eigenvalue weighted by molar-refractivity contribution is 5.89. The van der Waals surface area contributed by atoms with Gasteiger partial charge >= 0.3 is 6.61 Å². The van der Waals surface area contributed by atoms with Gasteiger partial charge in [0.1, 0.15) is 5.82 Å².